The van der Waals surface area contributed by atoms with Gasteiger partial charge in [-0.3, -0.25) is 4.79 Å². The second-order valence-corrected chi connectivity index (χ2v) is 4.22. The fourth-order valence-corrected chi connectivity index (χ4v) is 1.65. The van der Waals surface area contributed by atoms with Crippen molar-refractivity contribution >= 4 is 23.3 Å². The molecule has 0 fully saturated rings. The maximum atomic E-state index is 12.0. The van der Waals surface area contributed by atoms with Gasteiger partial charge in [0.15, 0.2) is 5.82 Å². The number of nitrogens with zero attached hydrogens (tertiary/aromatic N) is 1. The van der Waals surface area contributed by atoms with E-state index in [0.717, 1.165) is 5.56 Å². The Kier molecular flexibility index (Phi) is 3.48. The van der Waals surface area contributed by atoms with Gasteiger partial charge in [-0.25, -0.2) is 4.98 Å². The van der Waals surface area contributed by atoms with E-state index in [9.17, 15) is 9.90 Å². The van der Waals surface area contributed by atoms with E-state index in [0.29, 0.717) is 5.02 Å². The molecule has 1 aromatic carbocycles. The third kappa shape index (κ3) is 2.60. The van der Waals surface area contributed by atoms with Gasteiger partial charge in [0.25, 0.3) is 5.91 Å². The molecule has 0 atom stereocenters. The minimum Gasteiger partial charge on any atom is -0.507 e. The number of anilines is 1. The third-order valence-electron chi connectivity index (χ3n) is 2.39. The molecule has 2 aromatic rings. The van der Waals surface area contributed by atoms with Crippen molar-refractivity contribution < 1.29 is 9.90 Å². The molecule has 1 amide bonds. The zero-order valence-corrected chi connectivity index (χ0v) is 10.4. The first-order chi connectivity index (χ1) is 8.58. The number of hydrogen-bond donors (Lipinski definition) is 2. The molecule has 0 bridgehead atoms. The Morgan fingerprint density at radius 2 is 2.17 bits per heavy atom. The first-order valence-electron chi connectivity index (χ1n) is 5.29. The smallest absolute Gasteiger partial charge is 0.260 e. The second kappa shape index (κ2) is 5.06. The first-order valence-corrected chi connectivity index (χ1v) is 5.67. The Morgan fingerprint density at radius 1 is 1.39 bits per heavy atom. The number of phenolic OH excluding ortho intramolecular Hbond substituents is 1. The number of amides is 1. The van der Waals surface area contributed by atoms with Crippen molar-refractivity contribution in [2.45, 2.75) is 6.92 Å². The SMILES string of the molecule is Cc1ccc(O)c(C(=O)Nc2ncccc2Cl)c1. The van der Waals surface area contributed by atoms with Gasteiger partial charge in [0.1, 0.15) is 5.75 Å². The average molecular weight is 263 g/mol. The summed E-state index contributed by atoms with van der Waals surface area (Å²) in [6.45, 7) is 1.84. The van der Waals surface area contributed by atoms with Gasteiger partial charge < -0.3 is 10.4 Å². The zero-order valence-electron chi connectivity index (χ0n) is 9.64. The molecule has 0 spiro atoms. The molecule has 0 aliphatic heterocycles. The molecule has 0 aliphatic rings. The van der Waals surface area contributed by atoms with Crippen LogP contribution >= 0.6 is 11.6 Å². The molecule has 2 N–H and O–H groups in total. The lowest BCUT2D eigenvalue weighted by molar-refractivity contribution is 0.102. The Bertz CT molecular complexity index is 599. The molecule has 1 heterocycles. The van der Waals surface area contributed by atoms with Gasteiger partial charge in [0.2, 0.25) is 0 Å². The summed E-state index contributed by atoms with van der Waals surface area (Å²) in [6.07, 6.45) is 1.53. The number of carbonyl (C=O) groups is 1. The van der Waals surface area contributed by atoms with E-state index < -0.39 is 5.91 Å². The zero-order chi connectivity index (χ0) is 13.1. The van der Waals surface area contributed by atoms with Gasteiger partial charge in [-0.05, 0) is 31.2 Å². The maximum absolute atomic E-state index is 12.0. The predicted octanol–water partition coefficient (Wildman–Crippen LogP) is 3.00. The van der Waals surface area contributed by atoms with Crippen LogP contribution in [0.5, 0.6) is 5.75 Å². The topological polar surface area (TPSA) is 62.2 Å². The summed E-state index contributed by atoms with van der Waals surface area (Å²) in [5, 5.41) is 12.5. The number of aromatic hydroxyl groups is 1. The highest BCUT2D eigenvalue weighted by molar-refractivity contribution is 6.33. The predicted molar refractivity (Wildman–Crippen MR) is 70.0 cm³/mol. The van der Waals surface area contributed by atoms with Crippen LogP contribution in [0.4, 0.5) is 5.82 Å². The fraction of sp³-hybridized carbons (Fsp3) is 0.0769. The largest absolute Gasteiger partial charge is 0.507 e. The quantitative estimate of drug-likeness (QED) is 0.875. The Balaban J connectivity index is 2.28. The number of rotatable bonds is 2. The minimum absolute atomic E-state index is 0.0786. The summed E-state index contributed by atoms with van der Waals surface area (Å²) in [7, 11) is 0. The van der Waals surface area contributed by atoms with Crippen LogP contribution in [-0.4, -0.2) is 16.0 Å². The minimum atomic E-state index is -0.447. The number of carbonyl (C=O) groups excluding carboxylic acids is 1. The van der Waals surface area contributed by atoms with Crippen molar-refractivity contribution in [3.63, 3.8) is 0 Å². The molecular formula is C13H11ClN2O2. The third-order valence-corrected chi connectivity index (χ3v) is 2.69. The van der Waals surface area contributed by atoms with Crippen LogP contribution in [0.3, 0.4) is 0 Å². The van der Waals surface area contributed by atoms with E-state index >= 15 is 0 Å². The summed E-state index contributed by atoms with van der Waals surface area (Å²) in [5.41, 5.74) is 1.07. The number of phenols is 1. The number of aromatic nitrogens is 1. The van der Waals surface area contributed by atoms with Crippen LogP contribution < -0.4 is 5.32 Å². The normalized spacial score (nSPS) is 10.1. The van der Waals surface area contributed by atoms with E-state index in [1.165, 1.54) is 12.3 Å². The van der Waals surface area contributed by atoms with Crippen LogP contribution in [0.15, 0.2) is 36.5 Å². The van der Waals surface area contributed by atoms with Gasteiger partial charge in [-0.2, -0.15) is 0 Å². The average Bonchev–Trinajstić information content (AvgIpc) is 2.35. The van der Waals surface area contributed by atoms with Gasteiger partial charge in [0.05, 0.1) is 10.6 Å². The monoisotopic (exact) mass is 262 g/mol. The molecule has 0 unspecified atom stereocenters. The number of halogens is 1. The summed E-state index contributed by atoms with van der Waals surface area (Å²) in [4.78, 5) is 15.9. The molecule has 5 heteroatoms. The molecule has 4 nitrogen and oxygen atoms in total. The Morgan fingerprint density at radius 3 is 2.89 bits per heavy atom. The van der Waals surface area contributed by atoms with Crippen LogP contribution in [0.25, 0.3) is 0 Å². The van der Waals surface area contributed by atoms with Gasteiger partial charge in [0, 0.05) is 6.20 Å². The van der Waals surface area contributed by atoms with Crippen molar-refractivity contribution in [3.05, 3.63) is 52.7 Å². The highest BCUT2D eigenvalue weighted by Crippen LogP contribution is 2.22. The lowest BCUT2D eigenvalue weighted by atomic mass is 10.1. The van der Waals surface area contributed by atoms with Gasteiger partial charge >= 0.3 is 0 Å². The number of pyridine rings is 1. The van der Waals surface area contributed by atoms with E-state index in [1.807, 2.05) is 6.92 Å². The second-order valence-electron chi connectivity index (χ2n) is 3.81. The molecular weight excluding hydrogens is 252 g/mol. The van der Waals surface area contributed by atoms with Crippen LogP contribution in [-0.2, 0) is 0 Å². The molecule has 92 valence electrons. The molecule has 0 saturated carbocycles. The summed E-state index contributed by atoms with van der Waals surface area (Å²) >= 11 is 5.89. The maximum Gasteiger partial charge on any atom is 0.260 e. The van der Waals surface area contributed by atoms with Crippen LogP contribution in [0.1, 0.15) is 15.9 Å². The first kappa shape index (κ1) is 12.4. The number of hydrogen-bond acceptors (Lipinski definition) is 3. The molecule has 18 heavy (non-hydrogen) atoms. The van der Waals surface area contributed by atoms with E-state index in [-0.39, 0.29) is 17.1 Å². The van der Waals surface area contributed by atoms with E-state index in [2.05, 4.69) is 10.3 Å². The molecule has 0 radical (unpaired) electrons. The lowest BCUT2D eigenvalue weighted by Gasteiger charge is -2.07. The number of aryl methyl sites for hydroxylation is 1. The van der Waals surface area contributed by atoms with Crippen LogP contribution in [0.2, 0.25) is 5.02 Å². The highest BCUT2D eigenvalue weighted by atomic mass is 35.5. The highest BCUT2D eigenvalue weighted by Gasteiger charge is 2.13. The van der Waals surface area contributed by atoms with Gasteiger partial charge in [-0.15, -0.1) is 0 Å². The van der Waals surface area contributed by atoms with Crippen molar-refractivity contribution in [1.82, 2.24) is 4.98 Å². The fourth-order valence-electron chi connectivity index (χ4n) is 1.48. The molecule has 0 saturated heterocycles. The summed E-state index contributed by atoms with van der Waals surface area (Å²) in [6, 6.07) is 8.09. The van der Waals surface area contributed by atoms with Crippen LogP contribution in [0, 0.1) is 6.92 Å². The number of benzene rings is 1. The van der Waals surface area contributed by atoms with Crippen molar-refractivity contribution in [2.75, 3.05) is 5.32 Å². The summed E-state index contributed by atoms with van der Waals surface area (Å²) in [5.74, 6) is -0.257. The Labute approximate surface area is 109 Å². The molecule has 0 aliphatic carbocycles. The van der Waals surface area contributed by atoms with E-state index in [4.69, 9.17) is 11.6 Å². The van der Waals surface area contributed by atoms with Crippen molar-refractivity contribution in [2.24, 2.45) is 0 Å². The number of nitrogens with one attached hydrogen (secondary N) is 1. The standard InChI is InChI=1S/C13H11ClN2O2/c1-8-4-5-11(17)9(7-8)13(18)16-12-10(14)3-2-6-15-12/h2-7,17H,1H3,(H,15,16,18). The van der Waals surface area contributed by atoms with Crippen molar-refractivity contribution in [3.8, 4) is 5.75 Å². The van der Waals surface area contributed by atoms with Gasteiger partial charge in [-0.1, -0.05) is 23.2 Å². The Hall–Kier alpha value is -2.07. The summed E-state index contributed by atoms with van der Waals surface area (Å²) < 4.78 is 0. The lowest BCUT2D eigenvalue weighted by Crippen LogP contribution is -2.13. The molecule has 1 aromatic heterocycles. The molecule has 2 rings (SSSR count). The van der Waals surface area contributed by atoms with Crippen molar-refractivity contribution in [1.29, 1.82) is 0 Å². The van der Waals surface area contributed by atoms with E-state index in [1.54, 1.807) is 24.3 Å².